The fourth-order valence-electron chi connectivity index (χ4n) is 0.320. The van der Waals surface area contributed by atoms with Gasteiger partial charge in [0.25, 0.3) is 0 Å². The van der Waals surface area contributed by atoms with Gasteiger partial charge in [0.15, 0.2) is 0 Å². The second kappa shape index (κ2) is 2.23. The molecular formula is C3H3N3O3. The Morgan fingerprint density at radius 2 is 2.67 bits per heavy atom. The summed E-state index contributed by atoms with van der Waals surface area (Å²) >= 11 is 0. The van der Waals surface area contributed by atoms with Crippen LogP contribution in [0.1, 0.15) is 10.7 Å². The first kappa shape index (κ1) is 5.70. The van der Waals surface area contributed by atoms with Crippen LogP contribution in [0.5, 0.6) is 0 Å². The molecule has 48 valence electrons. The van der Waals surface area contributed by atoms with Gasteiger partial charge in [0.2, 0.25) is 6.39 Å². The smallest absolute Gasteiger partial charge is 0.332 e. The van der Waals surface area contributed by atoms with E-state index in [9.17, 15) is 4.79 Å². The molecule has 0 aliphatic heterocycles. The molecule has 0 aliphatic rings. The first-order chi connectivity index (χ1) is 4.34. The van der Waals surface area contributed by atoms with Crippen molar-refractivity contribution in [2.24, 2.45) is 0 Å². The quantitative estimate of drug-likeness (QED) is 0.382. The highest BCUT2D eigenvalue weighted by atomic mass is 16.5. The molecular weight excluding hydrogens is 126 g/mol. The van der Waals surface area contributed by atoms with Crippen LogP contribution in [0.15, 0.2) is 10.8 Å². The van der Waals surface area contributed by atoms with E-state index in [1.807, 2.05) is 0 Å². The standard InChI is InChI=1S/C3H3N3O3/c7-2(6-8)3-5-4-1-9-3/h1,8H,(H,6,7). The van der Waals surface area contributed by atoms with Gasteiger partial charge in [-0.15, -0.1) is 10.2 Å². The zero-order valence-electron chi connectivity index (χ0n) is 4.24. The van der Waals surface area contributed by atoms with Crippen molar-refractivity contribution in [3.8, 4) is 0 Å². The zero-order chi connectivity index (χ0) is 6.69. The van der Waals surface area contributed by atoms with Crippen LogP contribution >= 0.6 is 0 Å². The topological polar surface area (TPSA) is 88.2 Å². The summed E-state index contributed by atoms with van der Waals surface area (Å²) in [5, 5.41) is 14.4. The molecule has 6 heteroatoms. The van der Waals surface area contributed by atoms with Gasteiger partial charge in [0, 0.05) is 0 Å². The van der Waals surface area contributed by atoms with Crippen LogP contribution in [0.25, 0.3) is 0 Å². The molecule has 0 fully saturated rings. The van der Waals surface area contributed by atoms with Crippen molar-refractivity contribution < 1.29 is 14.4 Å². The van der Waals surface area contributed by atoms with Gasteiger partial charge < -0.3 is 4.42 Å². The van der Waals surface area contributed by atoms with E-state index in [4.69, 9.17) is 5.21 Å². The van der Waals surface area contributed by atoms with Gasteiger partial charge in [0.05, 0.1) is 0 Å². The Morgan fingerprint density at radius 3 is 3.11 bits per heavy atom. The third-order valence-corrected chi connectivity index (χ3v) is 0.656. The predicted octanol–water partition coefficient (Wildman–Crippen LogP) is -0.811. The summed E-state index contributed by atoms with van der Waals surface area (Å²) in [5.74, 6) is -1.08. The molecule has 9 heavy (non-hydrogen) atoms. The lowest BCUT2D eigenvalue weighted by molar-refractivity contribution is 0.0668. The first-order valence-corrected chi connectivity index (χ1v) is 2.05. The van der Waals surface area contributed by atoms with Gasteiger partial charge in [-0.2, -0.15) is 0 Å². The number of hydrogen-bond donors (Lipinski definition) is 2. The third-order valence-electron chi connectivity index (χ3n) is 0.656. The Hall–Kier alpha value is -1.43. The van der Waals surface area contributed by atoms with E-state index in [0.29, 0.717) is 0 Å². The van der Waals surface area contributed by atoms with Crippen LogP contribution in [-0.2, 0) is 0 Å². The summed E-state index contributed by atoms with van der Waals surface area (Å²) in [6.07, 6.45) is 0.991. The molecule has 0 atom stereocenters. The molecule has 0 radical (unpaired) electrons. The Kier molecular flexibility index (Phi) is 1.41. The van der Waals surface area contributed by atoms with E-state index in [1.54, 1.807) is 0 Å². The Balaban J connectivity index is 2.77. The van der Waals surface area contributed by atoms with E-state index in [0.717, 1.165) is 6.39 Å². The average molecular weight is 129 g/mol. The molecule has 1 aromatic rings. The summed E-state index contributed by atoms with van der Waals surface area (Å²) in [5.41, 5.74) is 1.33. The van der Waals surface area contributed by atoms with Crippen LogP contribution in [0.2, 0.25) is 0 Å². The zero-order valence-corrected chi connectivity index (χ0v) is 4.24. The largest absolute Gasteiger partial charge is 0.420 e. The minimum Gasteiger partial charge on any atom is -0.420 e. The van der Waals surface area contributed by atoms with Crippen LogP contribution < -0.4 is 5.48 Å². The molecule has 0 saturated heterocycles. The van der Waals surface area contributed by atoms with Crippen molar-refractivity contribution in [2.45, 2.75) is 0 Å². The van der Waals surface area contributed by atoms with Gasteiger partial charge in [-0.05, 0) is 0 Å². The number of carbonyl (C=O) groups excluding carboxylic acids is 1. The molecule has 1 rings (SSSR count). The van der Waals surface area contributed by atoms with Gasteiger partial charge >= 0.3 is 11.8 Å². The van der Waals surface area contributed by atoms with Gasteiger partial charge in [-0.3, -0.25) is 10.0 Å². The minimum absolute atomic E-state index is 0.266. The molecule has 0 bridgehead atoms. The van der Waals surface area contributed by atoms with Crippen molar-refractivity contribution in [3.05, 3.63) is 12.3 Å². The van der Waals surface area contributed by atoms with Crippen molar-refractivity contribution >= 4 is 5.91 Å². The lowest BCUT2D eigenvalue weighted by Crippen LogP contribution is -2.18. The number of amides is 1. The number of nitrogens with one attached hydrogen (secondary N) is 1. The lowest BCUT2D eigenvalue weighted by Gasteiger charge is -1.85. The van der Waals surface area contributed by atoms with Crippen molar-refractivity contribution in [1.29, 1.82) is 0 Å². The molecule has 1 heterocycles. The summed E-state index contributed by atoms with van der Waals surface area (Å²) in [6, 6.07) is 0. The molecule has 2 N–H and O–H groups in total. The highest BCUT2D eigenvalue weighted by Gasteiger charge is 2.07. The maximum absolute atomic E-state index is 10.3. The van der Waals surface area contributed by atoms with Gasteiger partial charge in [-0.25, -0.2) is 5.48 Å². The predicted molar refractivity (Wildman–Crippen MR) is 23.6 cm³/mol. The molecule has 0 aromatic carbocycles. The van der Waals surface area contributed by atoms with Crippen LogP contribution in [0.4, 0.5) is 0 Å². The van der Waals surface area contributed by atoms with E-state index < -0.39 is 5.91 Å². The second-order valence-electron chi connectivity index (χ2n) is 1.18. The highest BCUT2D eigenvalue weighted by molar-refractivity contribution is 5.88. The number of hydrogen-bond acceptors (Lipinski definition) is 5. The van der Waals surface area contributed by atoms with E-state index >= 15 is 0 Å². The first-order valence-electron chi connectivity index (χ1n) is 2.05. The van der Waals surface area contributed by atoms with E-state index in [2.05, 4.69) is 14.6 Å². The Bertz CT molecular complexity index is 194. The monoisotopic (exact) mass is 129 g/mol. The second-order valence-corrected chi connectivity index (χ2v) is 1.18. The number of hydroxylamine groups is 1. The lowest BCUT2D eigenvalue weighted by atomic mass is 10.6. The van der Waals surface area contributed by atoms with Crippen molar-refractivity contribution in [3.63, 3.8) is 0 Å². The SMILES string of the molecule is O=C(NO)c1nnco1. The molecule has 0 saturated carbocycles. The summed E-state index contributed by atoms with van der Waals surface area (Å²) in [7, 11) is 0. The van der Waals surface area contributed by atoms with Crippen molar-refractivity contribution in [1.82, 2.24) is 15.7 Å². The molecule has 0 spiro atoms. The Morgan fingerprint density at radius 1 is 1.89 bits per heavy atom. The van der Waals surface area contributed by atoms with E-state index in [-0.39, 0.29) is 5.89 Å². The van der Waals surface area contributed by atoms with Crippen molar-refractivity contribution in [2.75, 3.05) is 0 Å². The molecule has 1 aromatic heterocycles. The maximum atomic E-state index is 10.3. The number of carbonyl (C=O) groups is 1. The molecule has 0 unspecified atom stereocenters. The van der Waals surface area contributed by atoms with Crippen LogP contribution in [-0.4, -0.2) is 21.3 Å². The number of nitrogens with zero attached hydrogens (tertiary/aromatic N) is 2. The molecule has 1 amide bonds. The molecule has 6 nitrogen and oxygen atoms in total. The average Bonchev–Trinajstić information content (AvgIpc) is 2.37. The number of rotatable bonds is 1. The molecule has 0 aliphatic carbocycles. The fraction of sp³-hybridized carbons (Fsp3) is 0. The van der Waals surface area contributed by atoms with Crippen LogP contribution in [0, 0.1) is 0 Å². The highest BCUT2D eigenvalue weighted by Crippen LogP contribution is 1.88. The minimum atomic E-state index is -0.812. The number of aromatic nitrogens is 2. The van der Waals surface area contributed by atoms with E-state index in [1.165, 1.54) is 5.48 Å². The normalized spacial score (nSPS) is 9.00. The van der Waals surface area contributed by atoms with Gasteiger partial charge in [0.1, 0.15) is 0 Å². The van der Waals surface area contributed by atoms with Crippen LogP contribution in [0.3, 0.4) is 0 Å². The Labute approximate surface area is 49.5 Å². The summed E-state index contributed by atoms with van der Waals surface area (Å²) in [4.78, 5) is 10.3. The van der Waals surface area contributed by atoms with Gasteiger partial charge in [-0.1, -0.05) is 0 Å². The summed E-state index contributed by atoms with van der Waals surface area (Å²) < 4.78 is 4.39. The fourth-order valence-corrected chi connectivity index (χ4v) is 0.320. The maximum Gasteiger partial charge on any atom is 0.332 e. The third kappa shape index (κ3) is 1.03. The summed E-state index contributed by atoms with van der Waals surface area (Å²) in [6.45, 7) is 0.